The lowest BCUT2D eigenvalue weighted by atomic mass is 10.1. The minimum Gasteiger partial charge on any atom is -0.398 e. The Balaban J connectivity index is 3.01. The summed E-state index contributed by atoms with van der Waals surface area (Å²) in [5, 5.41) is 10.3. The van der Waals surface area contributed by atoms with Crippen LogP contribution in [0.1, 0.15) is 5.56 Å². The largest absolute Gasteiger partial charge is 0.398 e. The first-order valence-corrected chi connectivity index (χ1v) is 3.82. The summed E-state index contributed by atoms with van der Waals surface area (Å²) in [5.74, 6) is -0.523. The predicted molar refractivity (Wildman–Crippen MR) is 50.4 cm³/mol. The lowest BCUT2D eigenvalue weighted by molar-refractivity contribution is -0.384. The molecule has 0 aliphatic carbocycles. The van der Waals surface area contributed by atoms with E-state index < -0.39 is 10.8 Å². The van der Waals surface area contributed by atoms with E-state index >= 15 is 0 Å². The van der Waals surface area contributed by atoms with Crippen LogP contribution in [0.3, 0.4) is 0 Å². The highest BCUT2D eigenvalue weighted by molar-refractivity contribution is 5.78. The predicted octanol–water partition coefficient (Wildman–Crippen LogP) is 0.205. The molecule has 1 aromatic carbocycles. The molecule has 1 aromatic rings. The smallest absolute Gasteiger partial charge is 0.271 e. The van der Waals surface area contributed by atoms with Crippen LogP contribution < -0.4 is 11.5 Å². The van der Waals surface area contributed by atoms with Gasteiger partial charge in [0.25, 0.3) is 5.69 Å². The molecule has 14 heavy (non-hydrogen) atoms. The normalized spacial score (nSPS) is 9.71. The Morgan fingerprint density at radius 3 is 2.57 bits per heavy atom. The molecular formula is C8H9N3O3. The molecule has 0 fully saturated rings. The van der Waals surface area contributed by atoms with Crippen LogP contribution in [0.2, 0.25) is 0 Å². The van der Waals surface area contributed by atoms with Crippen molar-refractivity contribution in [1.82, 2.24) is 0 Å². The van der Waals surface area contributed by atoms with Gasteiger partial charge < -0.3 is 11.5 Å². The zero-order valence-corrected chi connectivity index (χ0v) is 7.27. The van der Waals surface area contributed by atoms with Crippen molar-refractivity contribution in [1.29, 1.82) is 0 Å². The fourth-order valence-electron chi connectivity index (χ4n) is 1.04. The molecule has 4 N–H and O–H groups in total. The summed E-state index contributed by atoms with van der Waals surface area (Å²) >= 11 is 0. The molecule has 0 aliphatic heterocycles. The number of nitro groups is 1. The summed E-state index contributed by atoms with van der Waals surface area (Å²) in [6.45, 7) is 0. The minimum atomic E-state index is -0.551. The first-order chi connectivity index (χ1) is 6.50. The Bertz CT molecular complexity index is 389. The molecule has 0 aromatic heterocycles. The van der Waals surface area contributed by atoms with Gasteiger partial charge in [-0.3, -0.25) is 14.9 Å². The molecule has 0 saturated heterocycles. The second kappa shape index (κ2) is 3.73. The summed E-state index contributed by atoms with van der Waals surface area (Å²) in [7, 11) is 0. The molecule has 0 atom stereocenters. The van der Waals surface area contributed by atoms with Crippen LogP contribution in [-0.2, 0) is 11.2 Å². The third-order valence-corrected chi connectivity index (χ3v) is 1.70. The molecule has 0 spiro atoms. The fraction of sp³-hybridized carbons (Fsp3) is 0.125. The van der Waals surface area contributed by atoms with Gasteiger partial charge in [0.05, 0.1) is 11.3 Å². The number of carbonyl (C=O) groups excluding carboxylic acids is 1. The monoisotopic (exact) mass is 195 g/mol. The molecule has 74 valence electrons. The molecule has 1 rings (SSSR count). The van der Waals surface area contributed by atoms with E-state index in [9.17, 15) is 14.9 Å². The maximum Gasteiger partial charge on any atom is 0.271 e. The van der Waals surface area contributed by atoms with Crippen molar-refractivity contribution < 1.29 is 9.72 Å². The molecule has 0 bridgehead atoms. The summed E-state index contributed by atoms with van der Waals surface area (Å²) in [5.41, 5.74) is 11.1. The van der Waals surface area contributed by atoms with Crippen LogP contribution in [0.5, 0.6) is 0 Å². The van der Waals surface area contributed by atoms with E-state index in [-0.39, 0.29) is 17.8 Å². The first-order valence-electron chi connectivity index (χ1n) is 3.82. The van der Waals surface area contributed by atoms with Gasteiger partial charge in [-0.25, -0.2) is 0 Å². The molecule has 0 aliphatic rings. The number of primary amides is 1. The van der Waals surface area contributed by atoms with Gasteiger partial charge in [-0.15, -0.1) is 0 Å². The molecule has 0 saturated carbocycles. The van der Waals surface area contributed by atoms with E-state index in [1.807, 2.05) is 0 Å². The quantitative estimate of drug-likeness (QED) is 0.407. The SMILES string of the molecule is NC(=O)Cc1ccc([N+](=O)[O-])cc1N. The number of carbonyl (C=O) groups is 1. The fourth-order valence-corrected chi connectivity index (χ4v) is 1.04. The summed E-state index contributed by atoms with van der Waals surface area (Å²) < 4.78 is 0. The van der Waals surface area contributed by atoms with Crippen molar-refractivity contribution in [3.05, 3.63) is 33.9 Å². The maximum atomic E-state index is 10.6. The van der Waals surface area contributed by atoms with Gasteiger partial charge in [-0.05, 0) is 11.6 Å². The van der Waals surface area contributed by atoms with Crippen molar-refractivity contribution in [2.45, 2.75) is 6.42 Å². The summed E-state index contributed by atoms with van der Waals surface area (Å²) in [6, 6.07) is 3.92. The number of amides is 1. The number of nitrogens with zero attached hydrogens (tertiary/aromatic N) is 1. The van der Waals surface area contributed by atoms with Crippen molar-refractivity contribution in [3.63, 3.8) is 0 Å². The van der Waals surface area contributed by atoms with E-state index in [0.29, 0.717) is 5.56 Å². The Labute approximate surface area is 79.7 Å². The number of benzene rings is 1. The van der Waals surface area contributed by atoms with E-state index in [2.05, 4.69) is 0 Å². The van der Waals surface area contributed by atoms with E-state index in [0.717, 1.165) is 0 Å². The molecule has 1 amide bonds. The lowest BCUT2D eigenvalue weighted by Crippen LogP contribution is -2.14. The van der Waals surface area contributed by atoms with Gasteiger partial charge in [0.1, 0.15) is 0 Å². The molecule has 0 radical (unpaired) electrons. The van der Waals surface area contributed by atoms with Crippen LogP contribution in [0.25, 0.3) is 0 Å². The van der Waals surface area contributed by atoms with Gasteiger partial charge in [-0.2, -0.15) is 0 Å². The van der Waals surface area contributed by atoms with Crippen LogP contribution in [0.15, 0.2) is 18.2 Å². The van der Waals surface area contributed by atoms with Crippen LogP contribution in [0, 0.1) is 10.1 Å². The minimum absolute atomic E-state index is 0.0101. The zero-order valence-electron chi connectivity index (χ0n) is 7.27. The number of non-ortho nitro benzene ring substituents is 1. The second-order valence-electron chi connectivity index (χ2n) is 2.78. The van der Waals surface area contributed by atoms with Crippen LogP contribution in [0.4, 0.5) is 11.4 Å². The maximum absolute atomic E-state index is 10.6. The first kappa shape index (κ1) is 9.97. The number of hydrogen-bond acceptors (Lipinski definition) is 4. The van der Waals surface area contributed by atoms with Gasteiger partial charge >= 0.3 is 0 Å². The molecular weight excluding hydrogens is 186 g/mol. The molecule has 6 nitrogen and oxygen atoms in total. The van der Waals surface area contributed by atoms with Crippen molar-refractivity contribution in [2.24, 2.45) is 5.73 Å². The van der Waals surface area contributed by atoms with Crippen molar-refractivity contribution in [2.75, 3.05) is 5.73 Å². The topological polar surface area (TPSA) is 112 Å². The van der Waals surface area contributed by atoms with Crippen molar-refractivity contribution >= 4 is 17.3 Å². The average molecular weight is 195 g/mol. The molecule has 6 heteroatoms. The Morgan fingerprint density at radius 1 is 1.50 bits per heavy atom. The van der Waals surface area contributed by atoms with Crippen molar-refractivity contribution in [3.8, 4) is 0 Å². The van der Waals surface area contributed by atoms with Gasteiger partial charge in [0.2, 0.25) is 5.91 Å². The number of nitro benzene ring substituents is 1. The third kappa shape index (κ3) is 2.19. The molecule has 0 heterocycles. The highest BCUT2D eigenvalue weighted by Crippen LogP contribution is 2.19. The Kier molecular flexibility index (Phi) is 2.66. The van der Waals surface area contributed by atoms with E-state index in [4.69, 9.17) is 11.5 Å². The highest BCUT2D eigenvalue weighted by atomic mass is 16.6. The summed E-state index contributed by atoms with van der Waals surface area (Å²) in [4.78, 5) is 20.4. The standard InChI is InChI=1S/C8H9N3O3/c9-7-4-6(11(13)14)2-1-5(7)3-8(10)12/h1-2,4H,3,9H2,(H2,10,12). The number of rotatable bonds is 3. The van der Waals surface area contributed by atoms with Gasteiger partial charge in [-0.1, -0.05) is 0 Å². The lowest BCUT2D eigenvalue weighted by Gasteiger charge is -2.02. The average Bonchev–Trinajstić information content (AvgIpc) is 2.07. The summed E-state index contributed by atoms with van der Waals surface area (Å²) in [6.07, 6.45) is -0.0101. The van der Waals surface area contributed by atoms with Gasteiger partial charge in [0, 0.05) is 17.8 Å². The van der Waals surface area contributed by atoms with Crippen LogP contribution in [-0.4, -0.2) is 10.8 Å². The zero-order chi connectivity index (χ0) is 10.7. The second-order valence-corrected chi connectivity index (χ2v) is 2.78. The number of nitrogen functional groups attached to an aromatic ring is 1. The van der Waals surface area contributed by atoms with Crippen LogP contribution >= 0.6 is 0 Å². The van der Waals surface area contributed by atoms with Gasteiger partial charge in [0.15, 0.2) is 0 Å². The Hall–Kier alpha value is -2.11. The number of hydrogen-bond donors (Lipinski definition) is 2. The number of anilines is 1. The molecule has 0 unspecified atom stereocenters. The Morgan fingerprint density at radius 2 is 2.14 bits per heavy atom. The third-order valence-electron chi connectivity index (χ3n) is 1.70. The van der Waals surface area contributed by atoms with E-state index in [1.165, 1.54) is 18.2 Å². The number of nitrogens with two attached hydrogens (primary N) is 2. The van der Waals surface area contributed by atoms with E-state index in [1.54, 1.807) is 0 Å². The highest BCUT2D eigenvalue weighted by Gasteiger charge is 2.09.